The van der Waals surface area contributed by atoms with E-state index in [9.17, 15) is 4.79 Å². The molecule has 1 aliphatic heterocycles. The van der Waals surface area contributed by atoms with E-state index in [1.54, 1.807) is 31.3 Å². The summed E-state index contributed by atoms with van der Waals surface area (Å²) in [5, 5.41) is 3.31. The molecule has 8 heteroatoms. The van der Waals surface area contributed by atoms with Crippen LogP contribution in [0.2, 0.25) is 5.02 Å². The first-order valence-corrected chi connectivity index (χ1v) is 11.5. The normalized spacial score (nSPS) is 25.6. The summed E-state index contributed by atoms with van der Waals surface area (Å²) >= 11 is 9.52. The Morgan fingerprint density at radius 2 is 2.06 bits per heavy atom. The standard InChI is InChI=1S/C24H28BrClFN3O2/c1-13(2)32-22(31)21-19(15-7-6-8-16(26)20(15)27)24(28,17-10-9-14(25)12-29-17)18(30-21)11-23(3,4)5/h6-10,12,18-19,21,30H,1,11,28H2,2-5H3/t18-,19-,21+,24+/m0/s1. The Balaban J connectivity index is 2.26. The van der Waals surface area contributed by atoms with Gasteiger partial charge in [-0.25, -0.2) is 9.18 Å². The van der Waals surface area contributed by atoms with Crippen LogP contribution in [0, 0.1) is 11.2 Å². The van der Waals surface area contributed by atoms with Crippen LogP contribution in [0.1, 0.15) is 51.3 Å². The lowest BCUT2D eigenvalue weighted by Gasteiger charge is -2.38. The minimum absolute atomic E-state index is 0.0418. The maximum atomic E-state index is 15.3. The highest BCUT2D eigenvalue weighted by Gasteiger charge is 2.59. The molecule has 1 aromatic heterocycles. The van der Waals surface area contributed by atoms with Crippen LogP contribution < -0.4 is 11.1 Å². The molecule has 3 rings (SSSR count). The molecule has 0 unspecified atom stereocenters. The van der Waals surface area contributed by atoms with Crippen molar-refractivity contribution in [2.45, 2.75) is 57.7 Å². The van der Waals surface area contributed by atoms with Crippen LogP contribution in [-0.4, -0.2) is 23.0 Å². The van der Waals surface area contributed by atoms with Gasteiger partial charge in [0.2, 0.25) is 0 Å². The number of aromatic nitrogens is 1. The number of allylic oxidation sites excluding steroid dienone is 1. The van der Waals surface area contributed by atoms with Gasteiger partial charge in [0, 0.05) is 22.6 Å². The molecule has 0 radical (unpaired) electrons. The lowest BCUT2D eigenvalue weighted by molar-refractivity contribution is -0.142. The molecule has 1 aliphatic rings. The summed E-state index contributed by atoms with van der Waals surface area (Å²) in [6.07, 6.45) is 2.25. The molecule has 0 aliphatic carbocycles. The van der Waals surface area contributed by atoms with Crippen LogP contribution in [0.3, 0.4) is 0 Å². The number of rotatable bonds is 5. The van der Waals surface area contributed by atoms with Crippen LogP contribution in [0.5, 0.6) is 0 Å². The number of hydrogen-bond donors (Lipinski definition) is 2. The molecule has 3 N–H and O–H groups in total. The largest absolute Gasteiger partial charge is 0.431 e. The third-order valence-corrected chi connectivity index (χ3v) is 6.40. The number of nitrogens with zero attached hydrogens (tertiary/aromatic N) is 1. The molecule has 1 aromatic carbocycles. The number of benzene rings is 1. The van der Waals surface area contributed by atoms with Crippen LogP contribution in [0.4, 0.5) is 4.39 Å². The van der Waals surface area contributed by atoms with E-state index in [0.29, 0.717) is 12.1 Å². The van der Waals surface area contributed by atoms with E-state index < -0.39 is 35.3 Å². The van der Waals surface area contributed by atoms with E-state index in [1.165, 1.54) is 6.07 Å². The van der Waals surface area contributed by atoms with Gasteiger partial charge in [-0.1, -0.05) is 51.1 Å². The minimum atomic E-state index is -1.22. The highest BCUT2D eigenvalue weighted by Crippen LogP contribution is 2.48. The predicted octanol–water partition coefficient (Wildman–Crippen LogP) is 5.43. The lowest BCUT2D eigenvalue weighted by atomic mass is 9.70. The molecule has 2 aromatic rings. The fourth-order valence-electron chi connectivity index (χ4n) is 4.39. The SMILES string of the molecule is C=C(C)OC(=O)[C@@H]1N[C@@H](CC(C)(C)C)[C@](N)(c2ccc(Br)cn2)[C@H]1c1cccc(Cl)c1F. The molecule has 2 heterocycles. The Hall–Kier alpha value is -1.80. The van der Waals surface area contributed by atoms with Crippen molar-refractivity contribution < 1.29 is 13.9 Å². The maximum Gasteiger partial charge on any atom is 0.328 e. The summed E-state index contributed by atoms with van der Waals surface area (Å²) < 4.78 is 21.5. The zero-order valence-electron chi connectivity index (χ0n) is 18.6. The molecule has 0 bridgehead atoms. The van der Waals surface area contributed by atoms with E-state index in [2.05, 4.69) is 53.6 Å². The van der Waals surface area contributed by atoms with E-state index in [4.69, 9.17) is 22.1 Å². The van der Waals surface area contributed by atoms with Crippen LogP contribution in [0.15, 0.2) is 53.3 Å². The number of nitrogens with one attached hydrogen (secondary N) is 1. The fraction of sp³-hybridized carbons (Fsp3) is 0.417. The summed E-state index contributed by atoms with van der Waals surface area (Å²) in [6, 6.07) is 7.01. The Morgan fingerprint density at radius 1 is 1.38 bits per heavy atom. The minimum Gasteiger partial charge on any atom is -0.431 e. The smallest absolute Gasteiger partial charge is 0.328 e. The van der Waals surface area contributed by atoms with Gasteiger partial charge in [0.25, 0.3) is 0 Å². The zero-order chi connectivity index (χ0) is 23.8. The van der Waals surface area contributed by atoms with Crippen molar-refractivity contribution >= 4 is 33.5 Å². The third kappa shape index (κ3) is 4.91. The Bertz CT molecular complexity index is 1020. The molecular weight excluding hydrogens is 497 g/mol. The second-order valence-corrected chi connectivity index (χ2v) is 10.8. The molecule has 0 spiro atoms. The number of halogens is 3. The summed E-state index contributed by atoms with van der Waals surface area (Å²) in [7, 11) is 0. The van der Waals surface area contributed by atoms with Crippen LogP contribution in [0.25, 0.3) is 0 Å². The monoisotopic (exact) mass is 523 g/mol. The number of carbonyl (C=O) groups is 1. The van der Waals surface area contributed by atoms with Gasteiger partial charge in [0.15, 0.2) is 0 Å². The van der Waals surface area contributed by atoms with Crippen molar-refractivity contribution in [3.8, 4) is 0 Å². The van der Waals surface area contributed by atoms with Gasteiger partial charge >= 0.3 is 5.97 Å². The highest BCUT2D eigenvalue weighted by atomic mass is 79.9. The zero-order valence-corrected chi connectivity index (χ0v) is 20.9. The van der Waals surface area contributed by atoms with E-state index >= 15 is 4.39 Å². The van der Waals surface area contributed by atoms with Gasteiger partial charge in [-0.3, -0.25) is 10.3 Å². The van der Waals surface area contributed by atoms with Crippen molar-refractivity contribution in [1.29, 1.82) is 0 Å². The lowest BCUT2D eigenvalue weighted by Crippen LogP contribution is -2.52. The van der Waals surface area contributed by atoms with E-state index in [1.807, 2.05) is 6.07 Å². The first-order chi connectivity index (χ1) is 14.8. The van der Waals surface area contributed by atoms with Crippen molar-refractivity contribution in [3.63, 3.8) is 0 Å². The molecule has 172 valence electrons. The Morgan fingerprint density at radius 3 is 2.62 bits per heavy atom. The number of ether oxygens (including phenoxy) is 1. The number of hydrogen-bond acceptors (Lipinski definition) is 5. The number of esters is 1. The molecule has 1 fully saturated rings. The number of nitrogens with two attached hydrogens (primary N) is 1. The predicted molar refractivity (Wildman–Crippen MR) is 128 cm³/mol. The molecule has 5 nitrogen and oxygen atoms in total. The number of carbonyl (C=O) groups excluding carboxylic acids is 1. The van der Waals surface area contributed by atoms with Gasteiger partial charge in [-0.05, 0) is 58.5 Å². The van der Waals surface area contributed by atoms with E-state index in [-0.39, 0.29) is 21.8 Å². The molecule has 0 amide bonds. The topological polar surface area (TPSA) is 77.2 Å². The maximum absolute atomic E-state index is 15.3. The van der Waals surface area contributed by atoms with Crippen LogP contribution >= 0.6 is 27.5 Å². The highest BCUT2D eigenvalue weighted by molar-refractivity contribution is 9.10. The van der Waals surface area contributed by atoms with Crippen molar-refractivity contribution in [1.82, 2.24) is 10.3 Å². The first-order valence-electron chi connectivity index (χ1n) is 10.3. The second kappa shape index (κ2) is 9.21. The first kappa shape index (κ1) is 24.8. The Labute approximate surface area is 201 Å². The number of pyridine rings is 1. The average Bonchev–Trinajstić information content (AvgIpc) is 2.96. The molecule has 1 saturated heterocycles. The van der Waals surface area contributed by atoms with Crippen LogP contribution in [-0.2, 0) is 15.1 Å². The molecular formula is C24H28BrClFN3O2. The van der Waals surface area contributed by atoms with Crippen molar-refractivity contribution in [2.24, 2.45) is 11.1 Å². The van der Waals surface area contributed by atoms with Gasteiger partial charge in [-0.2, -0.15) is 0 Å². The quantitative estimate of drug-likeness (QED) is 0.403. The van der Waals surface area contributed by atoms with Gasteiger partial charge < -0.3 is 10.5 Å². The summed E-state index contributed by atoms with van der Waals surface area (Å²) in [5.41, 5.74) is 6.57. The summed E-state index contributed by atoms with van der Waals surface area (Å²) in [6.45, 7) is 11.5. The van der Waals surface area contributed by atoms with Gasteiger partial charge in [0.05, 0.1) is 22.0 Å². The Kier molecular flexibility index (Phi) is 7.15. The third-order valence-electron chi connectivity index (χ3n) is 5.64. The van der Waals surface area contributed by atoms with Crippen molar-refractivity contribution in [3.05, 3.63) is 75.4 Å². The summed E-state index contributed by atoms with van der Waals surface area (Å²) in [4.78, 5) is 17.7. The molecule has 4 atom stereocenters. The second-order valence-electron chi connectivity index (χ2n) is 9.50. The molecule has 32 heavy (non-hydrogen) atoms. The average molecular weight is 525 g/mol. The van der Waals surface area contributed by atoms with Crippen molar-refractivity contribution in [2.75, 3.05) is 0 Å². The fourth-order valence-corrected chi connectivity index (χ4v) is 4.81. The summed E-state index contributed by atoms with van der Waals surface area (Å²) in [5.74, 6) is -1.78. The van der Waals surface area contributed by atoms with Gasteiger partial charge in [0.1, 0.15) is 11.9 Å². The van der Waals surface area contributed by atoms with Gasteiger partial charge in [-0.15, -0.1) is 0 Å². The molecule has 0 saturated carbocycles. The van der Waals surface area contributed by atoms with E-state index in [0.717, 1.165) is 4.47 Å².